The van der Waals surface area contributed by atoms with Crippen molar-refractivity contribution in [3.05, 3.63) is 34.8 Å². The number of ether oxygens (including phenoxy) is 1. The Morgan fingerprint density at radius 1 is 1.40 bits per heavy atom. The molecule has 0 aromatic heterocycles. The zero-order valence-corrected chi connectivity index (χ0v) is 11.0. The van der Waals surface area contributed by atoms with Gasteiger partial charge in [0.1, 0.15) is 0 Å². The van der Waals surface area contributed by atoms with Crippen molar-refractivity contribution < 1.29 is 9.53 Å². The molecule has 0 unspecified atom stereocenters. The third kappa shape index (κ3) is 4.52. The van der Waals surface area contributed by atoms with Crippen molar-refractivity contribution in [2.24, 2.45) is 0 Å². The Bertz CT molecular complexity index is 371. The topological polar surface area (TPSA) is 26.3 Å². The van der Waals surface area contributed by atoms with Gasteiger partial charge in [-0.25, -0.2) is 0 Å². The number of allylic oxidation sites excluding steroid dienone is 2. The SMILES string of the molecule is COc1ccc([Se]/C(C)=C\C(=O)Cl)cc1. The number of halogens is 1. The number of carbonyl (C=O) groups is 1. The molecule has 0 saturated heterocycles. The number of carbonyl (C=O) groups excluding carboxylic acids is 1. The fraction of sp³-hybridized carbons (Fsp3) is 0.182. The first-order chi connectivity index (χ1) is 7.11. The Morgan fingerprint density at radius 2 is 2.00 bits per heavy atom. The summed E-state index contributed by atoms with van der Waals surface area (Å²) in [4.78, 5) is 10.6. The molecule has 80 valence electrons. The van der Waals surface area contributed by atoms with E-state index in [2.05, 4.69) is 0 Å². The molecule has 0 radical (unpaired) electrons. The second kappa shape index (κ2) is 5.96. The molecule has 0 N–H and O–H groups in total. The first kappa shape index (κ1) is 12.3. The van der Waals surface area contributed by atoms with Crippen molar-refractivity contribution in [1.82, 2.24) is 0 Å². The molecule has 0 saturated carbocycles. The predicted molar refractivity (Wildman–Crippen MR) is 63.0 cm³/mol. The summed E-state index contributed by atoms with van der Waals surface area (Å²) in [7, 11) is 1.64. The summed E-state index contributed by atoms with van der Waals surface area (Å²) in [6.07, 6.45) is 1.46. The van der Waals surface area contributed by atoms with Gasteiger partial charge in [0.2, 0.25) is 0 Å². The molecular formula is C11H11ClO2Se. The third-order valence-electron chi connectivity index (χ3n) is 1.66. The summed E-state index contributed by atoms with van der Waals surface area (Å²) in [5.74, 6) is 0.838. The van der Waals surface area contributed by atoms with Gasteiger partial charge in [0.05, 0.1) is 0 Å². The van der Waals surface area contributed by atoms with Gasteiger partial charge in [-0.1, -0.05) is 0 Å². The third-order valence-corrected chi connectivity index (χ3v) is 3.75. The van der Waals surface area contributed by atoms with Crippen molar-refractivity contribution in [2.45, 2.75) is 6.92 Å². The van der Waals surface area contributed by atoms with E-state index in [-0.39, 0.29) is 15.0 Å². The normalized spacial score (nSPS) is 11.3. The van der Waals surface area contributed by atoms with Gasteiger partial charge in [-0.05, 0) is 0 Å². The summed E-state index contributed by atoms with van der Waals surface area (Å²) in [6.45, 7) is 1.91. The van der Waals surface area contributed by atoms with E-state index in [4.69, 9.17) is 16.3 Å². The van der Waals surface area contributed by atoms with Crippen LogP contribution in [0.25, 0.3) is 0 Å². The van der Waals surface area contributed by atoms with Gasteiger partial charge in [-0.2, -0.15) is 0 Å². The molecule has 0 bridgehead atoms. The number of hydrogen-bond acceptors (Lipinski definition) is 2. The fourth-order valence-corrected chi connectivity index (χ4v) is 3.03. The van der Waals surface area contributed by atoms with E-state index in [9.17, 15) is 4.79 Å². The molecule has 1 aromatic carbocycles. The molecule has 0 atom stereocenters. The molecule has 0 aliphatic carbocycles. The maximum atomic E-state index is 10.6. The van der Waals surface area contributed by atoms with Crippen LogP contribution in [0.3, 0.4) is 0 Å². The summed E-state index contributed by atoms with van der Waals surface area (Å²) in [5, 5.41) is -0.414. The number of hydrogen-bond donors (Lipinski definition) is 0. The summed E-state index contributed by atoms with van der Waals surface area (Å²) < 4.78 is 7.25. The van der Waals surface area contributed by atoms with Crippen molar-refractivity contribution in [2.75, 3.05) is 7.11 Å². The fourth-order valence-electron chi connectivity index (χ4n) is 1.02. The Labute approximate surface area is 100 Å². The van der Waals surface area contributed by atoms with E-state index in [1.165, 1.54) is 10.5 Å². The van der Waals surface area contributed by atoms with Gasteiger partial charge in [0.15, 0.2) is 0 Å². The number of rotatable bonds is 4. The van der Waals surface area contributed by atoms with Gasteiger partial charge in [-0.15, -0.1) is 0 Å². The molecule has 0 heterocycles. The van der Waals surface area contributed by atoms with Gasteiger partial charge >= 0.3 is 100 Å². The minimum absolute atomic E-state index is 0.150. The van der Waals surface area contributed by atoms with E-state index < -0.39 is 5.24 Å². The molecule has 1 aromatic rings. The maximum absolute atomic E-state index is 10.6. The first-order valence-corrected chi connectivity index (χ1v) is 6.40. The molecule has 15 heavy (non-hydrogen) atoms. The summed E-state index contributed by atoms with van der Waals surface area (Å²) in [5.41, 5.74) is 0. The summed E-state index contributed by atoms with van der Waals surface area (Å²) >= 11 is 5.41. The van der Waals surface area contributed by atoms with E-state index in [1.807, 2.05) is 31.2 Å². The van der Waals surface area contributed by atoms with Gasteiger partial charge in [0, 0.05) is 0 Å². The van der Waals surface area contributed by atoms with Crippen LogP contribution in [0.4, 0.5) is 0 Å². The molecule has 1 rings (SSSR count). The average Bonchev–Trinajstić information content (AvgIpc) is 2.17. The molecule has 0 fully saturated rings. The van der Waals surface area contributed by atoms with Crippen LogP contribution in [0, 0.1) is 0 Å². The minimum atomic E-state index is -0.414. The summed E-state index contributed by atoms with van der Waals surface area (Å²) in [6, 6.07) is 7.81. The number of methoxy groups -OCH3 is 1. The van der Waals surface area contributed by atoms with Crippen molar-refractivity contribution in [3.8, 4) is 5.75 Å². The second-order valence-corrected chi connectivity index (χ2v) is 5.98. The van der Waals surface area contributed by atoms with Crippen LogP contribution in [0.1, 0.15) is 6.92 Å². The Kier molecular flexibility index (Phi) is 4.89. The van der Waals surface area contributed by atoms with Crippen LogP contribution in [0.5, 0.6) is 5.75 Å². The standard InChI is InChI=1S/C11H11ClO2Se/c1-8(7-11(12)13)15-10-5-3-9(14-2)4-6-10/h3-7H,1-2H3/b8-7-. The predicted octanol–water partition coefficient (Wildman–Crippen LogP) is 1.69. The Balaban J connectivity index is 2.69. The van der Waals surface area contributed by atoms with Crippen LogP contribution < -0.4 is 9.20 Å². The molecule has 0 aliphatic heterocycles. The van der Waals surface area contributed by atoms with E-state index in [1.54, 1.807) is 7.11 Å². The molecule has 2 nitrogen and oxygen atoms in total. The number of benzene rings is 1. The van der Waals surface area contributed by atoms with Crippen LogP contribution >= 0.6 is 11.6 Å². The van der Waals surface area contributed by atoms with Gasteiger partial charge in [-0.3, -0.25) is 0 Å². The molecule has 0 aliphatic rings. The average molecular weight is 290 g/mol. The molecule has 0 amide bonds. The van der Waals surface area contributed by atoms with Crippen molar-refractivity contribution in [1.29, 1.82) is 0 Å². The van der Waals surface area contributed by atoms with Crippen LogP contribution in [0.2, 0.25) is 0 Å². The molecule has 0 spiro atoms. The van der Waals surface area contributed by atoms with Crippen LogP contribution in [-0.2, 0) is 4.79 Å². The van der Waals surface area contributed by atoms with E-state index >= 15 is 0 Å². The van der Waals surface area contributed by atoms with Crippen molar-refractivity contribution in [3.63, 3.8) is 0 Å². The second-order valence-electron chi connectivity index (χ2n) is 2.84. The molecule has 4 heteroatoms. The zero-order valence-electron chi connectivity index (χ0n) is 8.49. The first-order valence-electron chi connectivity index (χ1n) is 4.31. The van der Waals surface area contributed by atoms with E-state index in [0.29, 0.717) is 0 Å². The Morgan fingerprint density at radius 3 is 2.47 bits per heavy atom. The quantitative estimate of drug-likeness (QED) is 0.479. The van der Waals surface area contributed by atoms with Gasteiger partial charge in [0.25, 0.3) is 0 Å². The molecular weight excluding hydrogens is 279 g/mol. The van der Waals surface area contributed by atoms with Crippen LogP contribution in [0.15, 0.2) is 34.8 Å². The van der Waals surface area contributed by atoms with Crippen molar-refractivity contribution >= 4 is 36.3 Å². The monoisotopic (exact) mass is 290 g/mol. The Hall–Kier alpha value is -0.761. The van der Waals surface area contributed by atoms with E-state index in [0.717, 1.165) is 10.2 Å². The van der Waals surface area contributed by atoms with Gasteiger partial charge < -0.3 is 0 Å². The zero-order chi connectivity index (χ0) is 11.3. The van der Waals surface area contributed by atoms with Crippen LogP contribution in [-0.4, -0.2) is 27.3 Å².